The molecule has 1 rings (SSSR count). The highest BCUT2D eigenvalue weighted by Gasteiger charge is 2.29. The molecule has 17 heavy (non-hydrogen) atoms. The molecular formula is C16H32O. The van der Waals surface area contributed by atoms with Crippen LogP contribution in [-0.2, 0) is 0 Å². The second-order valence-electron chi connectivity index (χ2n) is 6.09. The maximum absolute atomic E-state index is 10.6. The predicted octanol–water partition coefficient (Wildman–Crippen LogP) is 5.07. The lowest BCUT2D eigenvalue weighted by Crippen LogP contribution is -2.27. The van der Waals surface area contributed by atoms with Crippen LogP contribution in [0.25, 0.3) is 0 Å². The number of hydrogen-bond acceptors (Lipinski definition) is 1. The molecule has 0 bridgehead atoms. The molecule has 0 amide bonds. The van der Waals surface area contributed by atoms with Crippen molar-refractivity contribution < 1.29 is 5.11 Å². The molecule has 2 unspecified atom stereocenters. The largest absolute Gasteiger partial charge is 0.390 e. The first-order valence-electron chi connectivity index (χ1n) is 7.92. The van der Waals surface area contributed by atoms with Gasteiger partial charge in [-0.05, 0) is 31.6 Å². The topological polar surface area (TPSA) is 20.2 Å². The van der Waals surface area contributed by atoms with E-state index in [0.29, 0.717) is 0 Å². The standard InChI is InChI=1S/C16H32O/c1-3-5-6-7-8-12-16(17)13-9-10-15(4-2)11-14-16/h15,17H,3-14H2,1-2H3. The van der Waals surface area contributed by atoms with Gasteiger partial charge in [-0.2, -0.15) is 0 Å². The summed E-state index contributed by atoms with van der Waals surface area (Å²) in [6, 6.07) is 0. The van der Waals surface area contributed by atoms with Crippen molar-refractivity contribution in [2.45, 2.75) is 96.5 Å². The Morgan fingerprint density at radius 1 is 1.00 bits per heavy atom. The maximum Gasteiger partial charge on any atom is 0.0648 e. The van der Waals surface area contributed by atoms with Crippen molar-refractivity contribution in [3.05, 3.63) is 0 Å². The molecule has 1 N–H and O–H groups in total. The highest BCUT2D eigenvalue weighted by molar-refractivity contribution is 4.83. The molecule has 102 valence electrons. The molecular weight excluding hydrogens is 208 g/mol. The lowest BCUT2D eigenvalue weighted by atomic mass is 9.88. The number of aliphatic hydroxyl groups is 1. The third-order valence-corrected chi connectivity index (χ3v) is 4.60. The Kier molecular flexibility index (Phi) is 7.18. The van der Waals surface area contributed by atoms with Gasteiger partial charge in [-0.15, -0.1) is 0 Å². The van der Waals surface area contributed by atoms with E-state index in [4.69, 9.17) is 0 Å². The number of rotatable bonds is 7. The summed E-state index contributed by atoms with van der Waals surface area (Å²) in [5, 5.41) is 10.6. The summed E-state index contributed by atoms with van der Waals surface area (Å²) in [6.45, 7) is 4.55. The molecule has 0 aromatic heterocycles. The molecule has 0 saturated heterocycles. The Hall–Kier alpha value is -0.0400. The summed E-state index contributed by atoms with van der Waals surface area (Å²) in [6.07, 6.45) is 14.8. The quantitative estimate of drug-likeness (QED) is 0.486. The fourth-order valence-corrected chi connectivity index (χ4v) is 3.18. The summed E-state index contributed by atoms with van der Waals surface area (Å²) in [5.41, 5.74) is -0.309. The van der Waals surface area contributed by atoms with E-state index < -0.39 is 0 Å². The Morgan fingerprint density at radius 3 is 2.47 bits per heavy atom. The van der Waals surface area contributed by atoms with Crippen molar-refractivity contribution in [2.75, 3.05) is 0 Å². The smallest absolute Gasteiger partial charge is 0.0648 e. The average Bonchev–Trinajstić information content (AvgIpc) is 2.51. The lowest BCUT2D eigenvalue weighted by molar-refractivity contribution is 0.0130. The average molecular weight is 240 g/mol. The molecule has 0 aromatic carbocycles. The van der Waals surface area contributed by atoms with Gasteiger partial charge in [0.2, 0.25) is 0 Å². The van der Waals surface area contributed by atoms with Crippen LogP contribution in [0.15, 0.2) is 0 Å². The summed E-state index contributed by atoms with van der Waals surface area (Å²) in [5.74, 6) is 0.879. The zero-order valence-corrected chi connectivity index (χ0v) is 12.0. The van der Waals surface area contributed by atoms with Crippen molar-refractivity contribution >= 4 is 0 Å². The molecule has 0 aliphatic heterocycles. The van der Waals surface area contributed by atoms with E-state index in [2.05, 4.69) is 13.8 Å². The first-order valence-corrected chi connectivity index (χ1v) is 7.92. The van der Waals surface area contributed by atoms with Crippen LogP contribution in [0, 0.1) is 5.92 Å². The Bertz CT molecular complexity index is 190. The zero-order valence-electron chi connectivity index (χ0n) is 12.0. The molecule has 0 heterocycles. The Morgan fingerprint density at radius 2 is 1.76 bits per heavy atom. The lowest BCUT2D eigenvalue weighted by Gasteiger charge is -2.26. The summed E-state index contributed by atoms with van der Waals surface area (Å²) in [4.78, 5) is 0. The van der Waals surface area contributed by atoms with Gasteiger partial charge >= 0.3 is 0 Å². The third-order valence-electron chi connectivity index (χ3n) is 4.60. The van der Waals surface area contributed by atoms with E-state index in [0.717, 1.165) is 25.2 Å². The maximum atomic E-state index is 10.6. The summed E-state index contributed by atoms with van der Waals surface area (Å²) in [7, 11) is 0. The van der Waals surface area contributed by atoms with Crippen molar-refractivity contribution in [2.24, 2.45) is 5.92 Å². The molecule has 1 fully saturated rings. The molecule has 1 heteroatoms. The minimum absolute atomic E-state index is 0.309. The first-order chi connectivity index (χ1) is 8.20. The fourth-order valence-electron chi connectivity index (χ4n) is 3.18. The van der Waals surface area contributed by atoms with Gasteiger partial charge in [0.1, 0.15) is 0 Å². The normalized spacial score (nSPS) is 30.2. The van der Waals surface area contributed by atoms with Gasteiger partial charge in [0.15, 0.2) is 0 Å². The van der Waals surface area contributed by atoms with Crippen LogP contribution in [0.4, 0.5) is 0 Å². The van der Waals surface area contributed by atoms with Crippen LogP contribution in [0.3, 0.4) is 0 Å². The van der Waals surface area contributed by atoms with Crippen molar-refractivity contribution in [1.82, 2.24) is 0 Å². The van der Waals surface area contributed by atoms with Gasteiger partial charge in [-0.1, -0.05) is 65.2 Å². The SMILES string of the molecule is CCCCCCCC1(O)CCCC(CC)CC1. The molecule has 1 nitrogen and oxygen atoms in total. The van der Waals surface area contributed by atoms with Crippen molar-refractivity contribution in [1.29, 1.82) is 0 Å². The summed E-state index contributed by atoms with van der Waals surface area (Å²) < 4.78 is 0. The van der Waals surface area contributed by atoms with E-state index in [1.807, 2.05) is 0 Å². The molecule has 0 radical (unpaired) electrons. The van der Waals surface area contributed by atoms with Crippen LogP contribution in [0.2, 0.25) is 0 Å². The molecule has 2 atom stereocenters. The molecule has 0 aromatic rings. The van der Waals surface area contributed by atoms with Crippen LogP contribution >= 0.6 is 0 Å². The van der Waals surface area contributed by atoms with E-state index in [9.17, 15) is 5.11 Å². The monoisotopic (exact) mass is 240 g/mol. The van der Waals surface area contributed by atoms with Crippen LogP contribution in [-0.4, -0.2) is 10.7 Å². The van der Waals surface area contributed by atoms with Gasteiger partial charge in [-0.3, -0.25) is 0 Å². The molecule has 1 saturated carbocycles. The molecule has 1 aliphatic rings. The second-order valence-corrected chi connectivity index (χ2v) is 6.09. The second kappa shape index (κ2) is 8.13. The highest BCUT2D eigenvalue weighted by atomic mass is 16.3. The molecule has 0 spiro atoms. The Labute approximate surface area is 108 Å². The minimum Gasteiger partial charge on any atom is -0.390 e. The number of unbranched alkanes of at least 4 members (excludes halogenated alkanes) is 4. The first kappa shape index (κ1) is 15.0. The Balaban J connectivity index is 2.20. The third kappa shape index (κ3) is 5.90. The van der Waals surface area contributed by atoms with Gasteiger partial charge in [0, 0.05) is 0 Å². The van der Waals surface area contributed by atoms with Gasteiger partial charge in [0.05, 0.1) is 5.60 Å². The highest BCUT2D eigenvalue weighted by Crippen LogP contribution is 2.35. The van der Waals surface area contributed by atoms with Crippen LogP contribution < -0.4 is 0 Å². The van der Waals surface area contributed by atoms with E-state index in [1.54, 1.807) is 0 Å². The van der Waals surface area contributed by atoms with Crippen LogP contribution in [0.1, 0.15) is 90.9 Å². The number of hydrogen-bond donors (Lipinski definition) is 1. The van der Waals surface area contributed by atoms with Gasteiger partial charge < -0.3 is 5.11 Å². The van der Waals surface area contributed by atoms with Gasteiger partial charge in [0.25, 0.3) is 0 Å². The van der Waals surface area contributed by atoms with Crippen LogP contribution in [0.5, 0.6) is 0 Å². The van der Waals surface area contributed by atoms with E-state index in [-0.39, 0.29) is 5.60 Å². The van der Waals surface area contributed by atoms with Crippen molar-refractivity contribution in [3.8, 4) is 0 Å². The summed E-state index contributed by atoms with van der Waals surface area (Å²) >= 11 is 0. The van der Waals surface area contributed by atoms with Crippen molar-refractivity contribution in [3.63, 3.8) is 0 Å². The van der Waals surface area contributed by atoms with E-state index in [1.165, 1.54) is 57.8 Å². The zero-order chi connectivity index (χ0) is 12.6. The fraction of sp³-hybridized carbons (Fsp3) is 1.00. The van der Waals surface area contributed by atoms with E-state index >= 15 is 0 Å². The molecule has 1 aliphatic carbocycles. The minimum atomic E-state index is -0.309. The van der Waals surface area contributed by atoms with Gasteiger partial charge in [-0.25, -0.2) is 0 Å². The predicted molar refractivity (Wildman–Crippen MR) is 75.2 cm³/mol.